The summed E-state index contributed by atoms with van der Waals surface area (Å²) < 4.78 is 10.7. The van der Waals surface area contributed by atoms with Crippen molar-refractivity contribution in [3.05, 3.63) is 64.7 Å². The van der Waals surface area contributed by atoms with Crippen LogP contribution in [0.5, 0.6) is 11.5 Å². The van der Waals surface area contributed by atoms with E-state index in [0.717, 1.165) is 35.5 Å². The van der Waals surface area contributed by atoms with Crippen LogP contribution in [0, 0.1) is 0 Å². The van der Waals surface area contributed by atoms with E-state index in [-0.39, 0.29) is 18.4 Å². The van der Waals surface area contributed by atoms with E-state index in [1.807, 2.05) is 29.6 Å². The zero-order valence-electron chi connectivity index (χ0n) is 16.6. The molecule has 6 heteroatoms. The molecule has 1 N–H and O–H groups in total. The second kappa shape index (κ2) is 8.66. The van der Waals surface area contributed by atoms with Gasteiger partial charge in [-0.3, -0.25) is 4.79 Å². The van der Waals surface area contributed by atoms with Gasteiger partial charge in [-0.25, -0.2) is 4.98 Å². The summed E-state index contributed by atoms with van der Waals surface area (Å²) in [6.07, 6.45) is 3.45. The van der Waals surface area contributed by atoms with Crippen LogP contribution in [-0.2, 0) is 17.6 Å². The quantitative estimate of drug-likeness (QED) is 0.649. The summed E-state index contributed by atoms with van der Waals surface area (Å²) in [6.45, 7) is 0. The standard InChI is InChI=1S/C23H24N2O3S/c1-27-20-11-10-16(12-21(20)28-2)23-24-17(14-29-23)13-22(26)25-19-9-5-7-15-6-3-4-8-18(15)19/h3-4,6,8,10-12,14,19H,5,7,9,13H2,1-2H3,(H,25,26)/t19-/m1/s1. The number of nitrogens with one attached hydrogen (secondary N) is 1. The molecule has 4 rings (SSSR count). The summed E-state index contributed by atoms with van der Waals surface area (Å²) in [6, 6.07) is 14.2. The Labute approximate surface area is 174 Å². The third-order valence-electron chi connectivity index (χ3n) is 5.23. The summed E-state index contributed by atoms with van der Waals surface area (Å²) in [7, 11) is 3.23. The molecule has 1 amide bonds. The molecule has 0 unspecified atom stereocenters. The van der Waals surface area contributed by atoms with Crippen LogP contribution in [0.4, 0.5) is 0 Å². The summed E-state index contributed by atoms with van der Waals surface area (Å²) >= 11 is 1.52. The first-order valence-electron chi connectivity index (χ1n) is 9.72. The van der Waals surface area contributed by atoms with E-state index in [2.05, 4.69) is 28.5 Å². The number of hydrogen-bond donors (Lipinski definition) is 1. The number of benzene rings is 2. The molecular formula is C23H24N2O3S. The van der Waals surface area contributed by atoms with Crippen LogP contribution in [0.25, 0.3) is 10.6 Å². The molecule has 0 fully saturated rings. The first-order chi connectivity index (χ1) is 14.2. The number of ether oxygens (including phenoxy) is 2. The molecule has 1 heterocycles. The van der Waals surface area contributed by atoms with Crippen molar-refractivity contribution in [3.63, 3.8) is 0 Å². The van der Waals surface area contributed by atoms with Crippen molar-refractivity contribution in [1.82, 2.24) is 10.3 Å². The van der Waals surface area contributed by atoms with Crippen molar-refractivity contribution in [1.29, 1.82) is 0 Å². The first-order valence-corrected chi connectivity index (χ1v) is 10.6. The van der Waals surface area contributed by atoms with Gasteiger partial charge in [0, 0.05) is 10.9 Å². The van der Waals surface area contributed by atoms with E-state index in [1.54, 1.807) is 14.2 Å². The maximum absolute atomic E-state index is 12.6. The average molecular weight is 409 g/mol. The van der Waals surface area contributed by atoms with Crippen molar-refractivity contribution in [3.8, 4) is 22.1 Å². The van der Waals surface area contributed by atoms with Crippen LogP contribution < -0.4 is 14.8 Å². The van der Waals surface area contributed by atoms with Crippen molar-refractivity contribution in [2.75, 3.05) is 14.2 Å². The van der Waals surface area contributed by atoms with Gasteiger partial charge in [-0.2, -0.15) is 0 Å². The summed E-state index contributed by atoms with van der Waals surface area (Å²) in [5.41, 5.74) is 4.31. The van der Waals surface area contributed by atoms with Gasteiger partial charge in [-0.05, 0) is 48.6 Å². The highest BCUT2D eigenvalue weighted by Gasteiger charge is 2.21. The Hall–Kier alpha value is -2.86. The van der Waals surface area contributed by atoms with Crippen molar-refractivity contribution < 1.29 is 14.3 Å². The second-order valence-corrected chi connectivity index (χ2v) is 7.96. The molecule has 5 nitrogen and oxygen atoms in total. The number of aromatic nitrogens is 1. The van der Waals surface area contributed by atoms with Crippen molar-refractivity contribution >= 4 is 17.2 Å². The fraction of sp³-hybridized carbons (Fsp3) is 0.304. The zero-order valence-corrected chi connectivity index (χ0v) is 17.4. The molecule has 1 aliphatic rings. The Morgan fingerprint density at radius 2 is 2.00 bits per heavy atom. The Balaban J connectivity index is 1.44. The fourth-order valence-electron chi connectivity index (χ4n) is 3.80. The van der Waals surface area contributed by atoms with Gasteiger partial charge in [-0.1, -0.05) is 24.3 Å². The lowest BCUT2D eigenvalue weighted by molar-refractivity contribution is -0.121. The highest BCUT2D eigenvalue weighted by atomic mass is 32.1. The number of carbonyl (C=O) groups is 1. The highest BCUT2D eigenvalue weighted by Crippen LogP contribution is 2.34. The molecule has 29 heavy (non-hydrogen) atoms. The molecule has 0 saturated heterocycles. The molecule has 0 bridgehead atoms. The molecule has 0 aliphatic heterocycles. The number of amides is 1. The molecule has 0 spiro atoms. The number of hydrogen-bond acceptors (Lipinski definition) is 5. The third-order valence-corrected chi connectivity index (χ3v) is 6.17. The minimum Gasteiger partial charge on any atom is -0.493 e. The van der Waals surface area contributed by atoms with Crippen LogP contribution >= 0.6 is 11.3 Å². The monoisotopic (exact) mass is 408 g/mol. The summed E-state index contributed by atoms with van der Waals surface area (Å²) in [5.74, 6) is 1.35. The Bertz CT molecular complexity index is 1010. The number of carbonyl (C=O) groups excluding carboxylic acids is 1. The summed E-state index contributed by atoms with van der Waals surface area (Å²) in [5, 5.41) is 6.00. The molecule has 3 aromatic rings. The van der Waals surface area contributed by atoms with Gasteiger partial charge in [-0.15, -0.1) is 11.3 Å². The van der Waals surface area contributed by atoms with Gasteiger partial charge in [0.1, 0.15) is 5.01 Å². The first kappa shape index (κ1) is 19.5. The minimum atomic E-state index is 0.0101. The predicted octanol–water partition coefficient (Wildman–Crippen LogP) is 4.56. The SMILES string of the molecule is COc1ccc(-c2nc(CC(=O)N[C@@H]3CCCc4ccccc43)cs2)cc1OC. The van der Waals surface area contributed by atoms with E-state index >= 15 is 0 Å². The third kappa shape index (κ3) is 4.27. The van der Waals surface area contributed by atoms with E-state index in [1.165, 1.54) is 22.5 Å². The van der Waals surface area contributed by atoms with Crippen LogP contribution in [0.3, 0.4) is 0 Å². The van der Waals surface area contributed by atoms with Gasteiger partial charge >= 0.3 is 0 Å². The second-order valence-electron chi connectivity index (χ2n) is 7.10. The molecular weight excluding hydrogens is 384 g/mol. The van der Waals surface area contributed by atoms with Crippen LogP contribution in [0.2, 0.25) is 0 Å². The maximum atomic E-state index is 12.6. The molecule has 1 atom stereocenters. The molecule has 0 radical (unpaired) electrons. The van der Waals surface area contributed by atoms with E-state index in [0.29, 0.717) is 11.5 Å². The zero-order chi connectivity index (χ0) is 20.2. The Morgan fingerprint density at radius 3 is 2.83 bits per heavy atom. The summed E-state index contributed by atoms with van der Waals surface area (Å²) in [4.78, 5) is 17.3. The number of thiazole rings is 1. The smallest absolute Gasteiger partial charge is 0.226 e. The topological polar surface area (TPSA) is 60.5 Å². The Morgan fingerprint density at radius 1 is 1.17 bits per heavy atom. The highest BCUT2D eigenvalue weighted by molar-refractivity contribution is 7.13. The molecule has 0 saturated carbocycles. The molecule has 2 aromatic carbocycles. The number of nitrogens with zero attached hydrogens (tertiary/aromatic N) is 1. The van der Waals surface area contributed by atoms with Gasteiger partial charge in [0.25, 0.3) is 0 Å². The maximum Gasteiger partial charge on any atom is 0.226 e. The Kier molecular flexibility index (Phi) is 5.81. The molecule has 150 valence electrons. The number of methoxy groups -OCH3 is 2. The van der Waals surface area contributed by atoms with Gasteiger partial charge < -0.3 is 14.8 Å². The normalized spacial score (nSPS) is 15.4. The van der Waals surface area contributed by atoms with Crippen LogP contribution in [0.1, 0.15) is 35.7 Å². The van der Waals surface area contributed by atoms with Gasteiger partial charge in [0.05, 0.1) is 32.4 Å². The van der Waals surface area contributed by atoms with E-state index in [4.69, 9.17) is 9.47 Å². The molecule has 1 aromatic heterocycles. The van der Waals surface area contributed by atoms with Crippen molar-refractivity contribution in [2.45, 2.75) is 31.7 Å². The number of fused-ring (bicyclic) bond motifs is 1. The number of rotatable bonds is 6. The number of aryl methyl sites for hydroxylation is 1. The predicted molar refractivity (Wildman–Crippen MR) is 115 cm³/mol. The minimum absolute atomic E-state index is 0.0101. The van der Waals surface area contributed by atoms with Gasteiger partial charge in [0.15, 0.2) is 11.5 Å². The lowest BCUT2D eigenvalue weighted by Crippen LogP contribution is -2.32. The molecule has 1 aliphatic carbocycles. The lowest BCUT2D eigenvalue weighted by Gasteiger charge is -2.26. The lowest BCUT2D eigenvalue weighted by atomic mass is 9.87. The van der Waals surface area contributed by atoms with E-state index < -0.39 is 0 Å². The van der Waals surface area contributed by atoms with E-state index in [9.17, 15) is 4.79 Å². The van der Waals surface area contributed by atoms with Gasteiger partial charge in [0.2, 0.25) is 5.91 Å². The average Bonchev–Trinajstić information content (AvgIpc) is 3.21. The van der Waals surface area contributed by atoms with Crippen LogP contribution in [-0.4, -0.2) is 25.1 Å². The van der Waals surface area contributed by atoms with Crippen LogP contribution in [0.15, 0.2) is 47.8 Å². The fourth-order valence-corrected chi connectivity index (χ4v) is 4.62. The van der Waals surface area contributed by atoms with Crippen molar-refractivity contribution in [2.24, 2.45) is 0 Å². The largest absolute Gasteiger partial charge is 0.493 e.